The summed E-state index contributed by atoms with van der Waals surface area (Å²) in [5.41, 5.74) is 1.72. The van der Waals surface area contributed by atoms with E-state index in [1.165, 1.54) is 4.57 Å². The van der Waals surface area contributed by atoms with Gasteiger partial charge in [0, 0.05) is 24.5 Å². The van der Waals surface area contributed by atoms with Crippen LogP contribution in [0.5, 0.6) is 11.5 Å². The molecule has 0 radical (unpaired) electrons. The van der Waals surface area contributed by atoms with E-state index in [0.29, 0.717) is 59.8 Å². The number of ether oxygens (including phenoxy) is 2. The number of aromatic nitrogens is 2. The van der Waals surface area contributed by atoms with Gasteiger partial charge in [-0.3, -0.25) is 18.7 Å². The van der Waals surface area contributed by atoms with Gasteiger partial charge in [-0.05, 0) is 60.4 Å². The van der Waals surface area contributed by atoms with Crippen molar-refractivity contribution in [1.82, 2.24) is 14.5 Å². The number of benzene rings is 3. The second kappa shape index (κ2) is 10.9. The minimum absolute atomic E-state index is 0.0938. The van der Waals surface area contributed by atoms with Crippen molar-refractivity contribution in [2.75, 3.05) is 6.79 Å². The Labute approximate surface area is 218 Å². The summed E-state index contributed by atoms with van der Waals surface area (Å²) in [5, 5.41) is 4.00. The van der Waals surface area contributed by atoms with Gasteiger partial charge in [0.05, 0.1) is 17.4 Å². The lowest BCUT2D eigenvalue weighted by molar-refractivity contribution is -0.121. The zero-order valence-corrected chi connectivity index (χ0v) is 20.9. The van der Waals surface area contributed by atoms with Crippen LogP contribution in [0, 0.1) is 0 Å². The molecule has 0 saturated heterocycles. The molecular formula is C28H26ClN3O5. The van der Waals surface area contributed by atoms with Gasteiger partial charge < -0.3 is 14.8 Å². The van der Waals surface area contributed by atoms with Gasteiger partial charge in [-0.25, -0.2) is 4.79 Å². The van der Waals surface area contributed by atoms with Crippen molar-refractivity contribution in [3.05, 3.63) is 104 Å². The monoisotopic (exact) mass is 519 g/mol. The number of unbranched alkanes of at least 4 members (excludes halogenated alkanes) is 1. The molecule has 0 saturated carbocycles. The lowest BCUT2D eigenvalue weighted by atomic mass is 10.2. The Kier molecular flexibility index (Phi) is 7.28. The predicted molar refractivity (Wildman–Crippen MR) is 141 cm³/mol. The van der Waals surface area contributed by atoms with E-state index in [1.807, 2.05) is 36.4 Å². The number of hydrogen-bond acceptors (Lipinski definition) is 5. The molecule has 1 N–H and O–H groups in total. The zero-order chi connectivity index (χ0) is 25.8. The first-order chi connectivity index (χ1) is 18.0. The Morgan fingerprint density at radius 3 is 2.49 bits per heavy atom. The highest BCUT2D eigenvalue weighted by Crippen LogP contribution is 2.32. The Hall–Kier alpha value is -4.04. The zero-order valence-electron chi connectivity index (χ0n) is 20.1. The quantitative estimate of drug-likeness (QED) is 0.336. The third-order valence-electron chi connectivity index (χ3n) is 6.35. The van der Waals surface area contributed by atoms with Crippen molar-refractivity contribution in [3.8, 4) is 11.5 Å². The van der Waals surface area contributed by atoms with Gasteiger partial charge in [0.2, 0.25) is 12.7 Å². The lowest BCUT2D eigenvalue weighted by Gasteiger charge is -2.14. The summed E-state index contributed by atoms with van der Waals surface area (Å²) >= 11 is 6.00. The maximum atomic E-state index is 13.3. The Morgan fingerprint density at radius 1 is 0.892 bits per heavy atom. The van der Waals surface area contributed by atoms with Gasteiger partial charge >= 0.3 is 5.69 Å². The SMILES string of the molecule is O=C(CCCCn1c(=O)c2ccccc2n(Cc2ccc(Cl)cc2)c1=O)NCc1ccc2c(c1)OCO2. The van der Waals surface area contributed by atoms with Crippen molar-refractivity contribution in [2.24, 2.45) is 0 Å². The molecule has 0 fully saturated rings. The van der Waals surface area contributed by atoms with Crippen LogP contribution in [0.15, 0.2) is 76.3 Å². The smallest absolute Gasteiger partial charge is 0.331 e. The molecule has 1 aliphatic rings. The Balaban J connectivity index is 1.23. The number of hydrogen-bond donors (Lipinski definition) is 1. The number of nitrogens with zero attached hydrogens (tertiary/aromatic N) is 2. The molecule has 3 aromatic carbocycles. The second-order valence-corrected chi connectivity index (χ2v) is 9.33. The third-order valence-corrected chi connectivity index (χ3v) is 6.60. The van der Waals surface area contributed by atoms with Crippen LogP contribution in [0.3, 0.4) is 0 Å². The molecule has 2 heterocycles. The summed E-state index contributed by atoms with van der Waals surface area (Å²) in [7, 11) is 0. The molecule has 5 rings (SSSR count). The number of nitrogens with one attached hydrogen (secondary N) is 1. The van der Waals surface area contributed by atoms with E-state index in [-0.39, 0.29) is 30.5 Å². The van der Waals surface area contributed by atoms with Crippen LogP contribution in [0.25, 0.3) is 10.9 Å². The Morgan fingerprint density at radius 2 is 1.65 bits per heavy atom. The number of halogens is 1. The van der Waals surface area contributed by atoms with Crippen LogP contribution in [0.1, 0.15) is 30.4 Å². The van der Waals surface area contributed by atoms with Gasteiger partial charge in [-0.15, -0.1) is 0 Å². The van der Waals surface area contributed by atoms with E-state index in [1.54, 1.807) is 34.9 Å². The fourth-order valence-electron chi connectivity index (χ4n) is 4.39. The fraction of sp³-hybridized carbons (Fsp3) is 0.250. The average Bonchev–Trinajstić information content (AvgIpc) is 3.38. The summed E-state index contributed by atoms with van der Waals surface area (Å²) in [6, 6.07) is 19.9. The highest BCUT2D eigenvalue weighted by molar-refractivity contribution is 6.30. The van der Waals surface area contributed by atoms with E-state index in [0.717, 1.165) is 11.1 Å². The molecule has 190 valence electrons. The van der Waals surface area contributed by atoms with E-state index in [2.05, 4.69) is 5.32 Å². The maximum absolute atomic E-state index is 13.3. The van der Waals surface area contributed by atoms with Gasteiger partial charge in [-0.2, -0.15) is 0 Å². The molecule has 0 bridgehead atoms. The van der Waals surface area contributed by atoms with Gasteiger partial charge in [0.1, 0.15) is 0 Å². The number of amides is 1. The van der Waals surface area contributed by atoms with Crippen LogP contribution >= 0.6 is 11.6 Å². The summed E-state index contributed by atoms with van der Waals surface area (Å²) < 4.78 is 13.5. The topological polar surface area (TPSA) is 91.6 Å². The average molecular weight is 520 g/mol. The second-order valence-electron chi connectivity index (χ2n) is 8.89. The molecule has 1 aromatic heterocycles. The van der Waals surface area contributed by atoms with E-state index in [9.17, 15) is 14.4 Å². The molecule has 0 spiro atoms. The number of para-hydroxylation sites is 1. The van der Waals surface area contributed by atoms with Crippen LogP contribution in [-0.4, -0.2) is 21.8 Å². The molecule has 8 nitrogen and oxygen atoms in total. The van der Waals surface area contributed by atoms with Crippen molar-refractivity contribution >= 4 is 28.4 Å². The van der Waals surface area contributed by atoms with Crippen LogP contribution in [0.4, 0.5) is 0 Å². The first-order valence-electron chi connectivity index (χ1n) is 12.1. The molecule has 1 aliphatic heterocycles. The summed E-state index contributed by atoms with van der Waals surface area (Å²) in [4.78, 5) is 38.8. The molecule has 37 heavy (non-hydrogen) atoms. The summed E-state index contributed by atoms with van der Waals surface area (Å²) in [5.74, 6) is 1.28. The normalized spacial score (nSPS) is 12.1. The Bertz CT molecular complexity index is 1560. The lowest BCUT2D eigenvalue weighted by Crippen LogP contribution is -2.40. The molecule has 1 amide bonds. The van der Waals surface area contributed by atoms with Crippen molar-refractivity contribution in [1.29, 1.82) is 0 Å². The number of rotatable bonds is 9. The first-order valence-corrected chi connectivity index (χ1v) is 12.5. The minimum Gasteiger partial charge on any atom is -0.454 e. The van der Waals surface area contributed by atoms with Crippen LogP contribution < -0.4 is 26.0 Å². The maximum Gasteiger partial charge on any atom is 0.331 e. The van der Waals surface area contributed by atoms with E-state index < -0.39 is 0 Å². The predicted octanol–water partition coefficient (Wildman–Crippen LogP) is 4.08. The van der Waals surface area contributed by atoms with Gasteiger partial charge in [-0.1, -0.05) is 41.9 Å². The summed E-state index contributed by atoms with van der Waals surface area (Å²) in [6.45, 7) is 1.14. The molecule has 0 unspecified atom stereocenters. The van der Waals surface area contributed by atoms with E-state index in [4.69, 9.17) is 21.1 Å². The van der Waals surface area contributed by atoms with Crippen molar-refractivity contribution in [3.63, 3.8) is 0 Å². The molecule has 0 atom stereocenters. The molecule has 9 heteroatoms. The van der Waals surface area contributed by atoms with Crippen molar-refractivity contribution < 1.29 is 14.3 Å². The molecular weight excluding hydrogens is 494 g/mol. The van der Waals surface area contributed by atoms with Crippen molar-refractivity contribution in [2.45, 2.75) is 38.9 Å². The largest absolute Gasteiger partial charge is 0.454 e. The fourth-order valence-corrected chi connectivity index (χ4v) is 4.51. The van der Waals surface area contributed by atoms with Crippen LogP contribution in [-0.2, 0) is 24.4 Å². The highest BCUT2D eigenvalue weighted by atomic mass is 35.5. The summed E-state index contributed by atoms with van der Waals surface area (Å²) in [6.07, 6.45) is 1.36. The third kappa shape index (κ3) is 5.54. The number of carbonyl (C=O) groups excluding carboxylic acids is 1. The minimum atomic E-state index is -0.370. The number of carbonyl (C=O) groups is 1. The number of fused-ring (bicyclic) bond motifs is 2. The first kappa shape index (κ1) is 24.6. The van der Waals surface area contributed by atoms with E-state index >= 15 is 0 Å². The highest BCUT2D eigenvalue weighted by Gasteiger charge is 2.15. The standard InChI is InChI=1S/C28H26ClN3O5/c29-21-11-8-19(9-12-21)17-32-23-6-2-1-5-22(23)27(34)31(28(32)35)14-4-3-7-26(33)30-16-20-10-13-24-25(15-20)37-18-36-24/h1-2,5-6,8-13,15H,3-4,7,14,16-18H2,(H,30,33). The van der Waals surface area contributed by atoms with Gasteiger partial charge in [0.15, 0.2) is 11.5 Å². The molecule has 4 aromatic rings. The van der Waals surface area contributed by atoms with Crippen LogP contribution in [0.2, 0.25) is 5.02 Å². The molecule has 0 aliphatic carbocycles. The van der Waals surface area contributed by atoms with Gasteiger partial charge in [0.25, 0.3) is 5.56 Å².